The van der Waals surface area contributed by atoms with Crippen LogP contribution in [0.4, 0.5) is 0 Å². The second kappa shape index (κ2) is 6.37. The van der Waals surface area contributed by atoms with Gasteiger partial charge in [-0.2, -0.15) is 5.10 Å². The molecule has 0 aliphatic rings. The molecule has 6 nitrogen and oxygen atoms in total. The third-order valence-electron chi connectivity index (χ3n) is 4.40. The summed E-state index contributed by atoms with van der Waals surface area (Å²) >= 11 is 1.45. The quantitative estimate of drug-likeness (QED) is 0.540. The Morgan fingerprint density at radius 1 is 1.31 bits per heavy atom. The van der Waals surface area contributed by atoms with Crippen LogP contribution < -0.4 is 10.3 Å². The van der Waals surface area contributed by atoms with E-state index in [-0.39, 0.29) is 5.56 Å². The summed E-state index contributed by atoms with van der Waals surface area (Å²) in [7, 11) is 2.43. The average Bonchev–Trinajstić information content (AvgIpc) is 3.18. The van der Waals surface area contributed by atoms with E-state index in [2.05, 4.69) is 5.10 Å². The summed E-state index contributed by atoms with van der Waals surface area (Å²) in [6.45, 7) is 0.370. The van der Waals surface area contributed by atoms with E-state index < -0.39 is 10.8 Å². The van der Waals surface area contributed by atoms with Crippen LogP contribution in [0.25, 0.3) is 21.1 Å². The van der Waals surface area contributed by atoms with Crippen molar-refractivity contribution >= 4 is 43.3 Å². The van der Waals surface area contributed by atoms with E-state index in [1.807, 2.05) is 41.9 Å². The predicted molar refractivity (Wildman–Crippen MR) is 105 cm³/mol. The first kappa shape index (κ1) is 17.0. The largest absolute Gasteiger partial charge is 0.497 e. The first-order valence-electron chi connectivity index (χ1n) is 7.94. The summed E-state index contributed by atoms with van der Waals surface area (Å²) in [6.07, 6.45) is 3.38. The smallest absolute Gasteiger partial charge is 0.291 e. The average molecular weight is 387 g/mol. The number of fused-ring (bicyclic) bond motifs is 3. The first-order chi connectivity index (χ1) is 12.5. The van der Waals surface area contributed by atoms with Crippen LogP contribution in [0.1, 0.15) is 5.56 Å². The number of hydrogen-bond donors (Lipinski definition) is 0. The molecule has 26 heavy (non-hydrogen) atoms. The number of ether oxygens (including phenoxy) is 1. The van der Waals surface area contributed by atoms with Crippen molar-refractivity contribution in [3.63, 3.8) is 0 Å². The van der Waals surface area contributed by atoms with Gasteiger partial charge in [-0.1, -0.05) is 12.1 Å². The Morgan fingerprint density at radius 2 is 2.12 bits per heavy atom. The van der Waals surface area contributed by atoms with Crippen LogP contribution in [0.2, 0.25) is 0 Å². The third-order valence-corrected chi connectivity index (χ3v) is 6.99. The van der Waals surface area contributed by atoms with Crippen molar-refractivity contribution in [2.45, 2.75) is 10.8 Å². The molecule has 4 aromatic rings. The van der Waals surface area contributed by atoms with Gasteiger partial charge in [0.15, 0.2) is 0 Å². The third kappa shape index (κ3) is 2.65. The lowest BCUT2D eigenvalue weighted by Gasteiger charge is -2.07. The summed E-state index contributed by atoms with van der Waals surface area (Å²) in [4.78, 5) is 13.0. The highest BCUT2D eigenvalue weighted by Gasteiger charge is 2.17. The van der Waals surface area contributed by atoms with Crippen LogP contribution in [-0.4, -0.2) is 31.9 Å². The number of thiophene rings is 1. The molecule has 1 atom stereocenters. The predicted octanol–water partition coefficient (Wildman–Crippen LogP) is 2.74. The minimum absolute atomic E-state index is 0.143. The Hall–Kier alpha value is -2.45. The minimum Gasteiger partial charge on any atom is -0.497 e. The van der Waals surface area contributed by atoms with Gasteiger partial charge in [-0.05, 0) is 23.8 Å². The van der Waals surface area contributed by atoms with Crippen molar-refractivity contribution < 1.29 is 8.95 Å². The molecule has 3 heterocycles. The lowest BCUT2D eigenvalue weighted by Crippen LogP contribution is -2.24. The Bertz CT molecular complexity index is 1220. The van der Waals surface area contributed by atoms with Gasteiger partial charge in [0.2, 0.25) is 0 Å². The fourth-order valence-electron chi connectivity index (χ4n) is 3.09. The number of aromatic nitrogens is 3. The second-order valence-corrected chi connectivity index (χ2v) is 8.67. The van der Waals surface area contributed by atoms with E-state index in [9.17, 15) is 9.00 Å². The fraction of sp³-hybridized carbons (Fsp3) is 0.222. The zero-order valence-corrected chi connectivity index (χ0v) is 16.2. The normalized spacial score (nSPS) is 12.7. The monoisotopic (exact) mass is 387 g/mol. The Morgan fingerprint density at radius 3 is 2.85 bits per heavy atom. The van der Waals surface area contributed by atoms with E-state index in [1.165, 1.54) is 16.0 Å². The standard InChI is InChI=1S/C18H17N3O3S2/c1-20-14-8-15(26(3)23)25-17(14)13-9-19-21(18(22)16(13)20)10-11-5-4-6-12(7-11)24-2/h4-9H,10H2,1-3H3/t26-/m1/s1. The molecule has 4 rings (SSSR count). The molecular weight excluding hydrogens is 370 g/mol. The van der Waals surface area contributed by atoms with Gasteiger partial charge in [-0.3, -0.25) is 9.00 Å². The molecule has 0 saturated carbocycles. The van der Waals surface area contributed by atoms with E-state index >= 15 is 0 Å². The van der Waals surface area contributed by atoms with Crippen LogP contribution in [0.15, 0.2) is 45.5 Å². The number of aryl methyl sites for hydroxylation is 1. The number of methoxy groups -OCH3 is 1. The number of rotatable bonds is 4. The van der Waals surface area contributed by atoms with Gasteiger partial charge in [-0.15, -0.1) is 11.3 Å². The maximum atomic E-state index is 13.0. The zero-order valence-electron chi connectivity index (χ0n) is 14.6. The SMILES string of the molecule is COc1cccc(Cn2ncc3c4sc([S@@](C)=O)cc4n(C)c3c2=O)c1. The molecular formula is C18H17N3O3S2. The highest BCUT2D eigenvalue weighted by atomic mass is 32.2. The summed E-state index contributed by atoms with van der Waals surface area (Å²) < 4.78 is 22.1. The lowest BCUT2D eigenvalue weighted by molar-refractivity contribution is 0.414. The summed E-state index contributed by atoms with van der Waals surface area (Å²) in [6, 6.07) is 9.48. The molecule has 1 aromatic carbocycles. The molecule has 0 amide bonds. The molecule has 0 aliphatic heterocycles. The molecule has 0 unspecified atom stereocenters. The van der Waals surface area contributed by atoms with Crippen molar-refractivity contribution in [3.8, 4) is 5.75 Å². The van der Waals surface area contributed by atoms with Crippen LogP contribution >= 0.6 is 11.3 Å². The molecule has 0 radical (unpaired) electrons. The van der Waals surface area contributed by atoms with Gasteiger partial charge >= 0.3 is 0 Å². The van der Waals surface area contributed by atoms with Crippen molar-refractivity contribution in [2.24, 2.45) is 7.05 Å². The van der Waals surface area contributed by atoms with Gasteiger partial charge in [0, 0.05) is 18.7 Å². The van der Waals surface area contributed by atoms with Crippen molar-refractivity contribution in [3.05, 3.63) is 52.4 Å². The van der Waals surface area contributed by atoms with E-state index in [0.29, 0.717) is 12.1 Å². The molecule has 0 N–H and O–H groups in total. The topological polar surface area (TPSA) is 66.1 Å². The summed E-state index contributed by atoms with van der Waals surface area (Å²) in [5, 5.41) is 5.16. The van der Waals surface area contributed by atoms with E-state index in [1.54, 1.807) is 19.6 Å². The molecule has 0 bridgehead atoms. The molecule has 134 valence electrons. The maximum absolute atomic E-state index is 13.0. The summed E-state index contributed by atoms with van der Waals surface area (Å²) in [5.74, 6) is 0.746. The molecule has 0 saturated heterocycles. The van der Waals surface area contributed by atoms with Gasteiger partial charge in [0.25, 0.3) is 5.56 Å². The van der Waals surface area contributed by atoms with Crippen LogP contribution in [0.3, 0.4) is 0 Å². The van der Waals surface area contributed by atoms with Crippen LogP contribution in [0.5, 0.6) is 5.75 Å². The molecule has 0 spiro atoms. The fourth-order valence-corrected chi connectivity index (χ4v) is 5.02. The highest BCUT2D eigenvalue weighted by molar-refractivity contribution is 7.86. The lowest BCUT2D eigenvalue weighted by atomic mass is 10.2. The Kier molecular flexibility index (Phi) is 4.16. The Labute approximate surface area is 156 Å². The summed E-state index contributed by atoms with van der Waals surface area (Å²) in [5.41, 5.74) is 2.32. The number of nitrogens with zero attached hydrogens (tertiary/aromatic N) is 3. The van der Waals surface area contributed by atoms with Crippen molar-refractivity contribution in [1.29, 1.82) is 0 Å². The number of hydrogen-bond acceptors (Lipinski definition) is 5. The Balaban J connectivity index is 1.85. The van der Waals surface area contributed by atoms with E-state index in [4.69, 9.17) is 4.74 Å². The molecule has 8 heteroatoms. The highest BCUT2D eigenvalue weighted by Crippen LogP contribution is 2.34. The second-order valence-electron chi connectivity index (χ2n) is 6.01. The van der Waals surface area contributed by atoms with Gasteiger partial charge in [0.1, 0.15) is 11.3 Å². The first-order valence-corrected chi connectivity index (χ1v) is 10.3. The van der Waals surface area contributed by atoms with Crippen LogP contribution in [-0.2, 0) is 24.4 Å². The molecule has 0 fully saturated rings. The van der Waals surface area contributed by atoms with E-state index in [0.717, 1.165) is 31.1 Å². The van der Waals surface area contributed by atoms with Crippen LogP contribution in [0, 0.1) is 0 Å². The molecule has 0 aliphatic carbocycles. The maximum Gasteiger partial charge on any atom is 0.291 e. The number of benzene rings is 1. The van der Waals surface area contributed by atoms with Gasteiger partial charge < -0.3 is 9.30 Å². The molecule has 3 aromatic heterocycles. The van der Waals surface area contributed by atoms with Gasteiger partial charge in [0.05, 0.1) is 45.1 Å². The van der Waals surface area contributed by atoms with Crippen molar-refractivity contribution in [2.75, 3.05) is 13.4 Å². The van der Waals surface area contributed by atoms with Gasteiger partial charge in [-0.25, -0.2) is 4.68 Å². The zero-order chi connectivity index (χ0) is 18.4. The van der Waals surface area contributed by atoms with Crippen molar-refractivity contribution in [1.82, 2.24) is 14.3 Å². The minimum atomic E-state index is -1.04.